The number of hydrogen-bond donors (Lipinski definition) is 2. The maximum Gasteiger partial charge on any atom is 0.233 e. The summed E-state index contributed by atoms with van der Waals surface area (Å²) in [7, 11) is 0. The molecule has 24 heavy (non-hydrogen) atoms. The van der Waals surface area contributed by atoms with Crippen molar-refractivity contribution in [2.75, 3.05) is 5.32 Å². The third-order valence-corrected chi connectivity index (χ3v) is 5.33. The topological polar surface area (TPSA) is 66.9 Å². The van der Waals surface area contributed by atoms with Crippen molar-refractivity contribution in [1.82, 2.24) is 15.5 Å². The standard InChI is InChI=1S/C17H24N4OS2/c1-10-7-8-13(9-11(10)2)18-15-20-21-16(24-15)23-12(3)14(22)19-17(4,5)6/h7-9,12H,1-6H3,(H,18,20)(H,19,22). The Kier molecular flexibility index (Phi) is 5.87. The van der Waals surface area contributed by atoms with E-state index in [0.717, 1.165) is 15.2 Å². The first-order valence-corrected chi connectivity index (χ1v) is 9.50. The number of carbonyl (C=O) groups is 1. The molecule has 5 nitrogen and oxygen atoms in total. The summed E-state index contributed by atoms with van der Waals surface area (Å²) in [6.45, 7) is 12.0. The minimum Gasteiger partial charge on any atom is -0.351 e. The van der Waals surface area contributed by atoms with Crippen LogP contribution in [0.1, 0.15) is 38.8 Å². The van der Waals surface area contributed by atoms with Gasteiger partial charge in [0, 0.05) is 11.2 Å². The van der Waals surface area contributed by atoms with Crippen molar-refractivity contribution in [2.24, 2.45) is 0 Å². The van der Waals surface area contributed by atoms with Crippen LogP contribution in [0.25, 0.3) is 0 Å². The van der Waals surface area contributed by atoms with E-state index in [1.165, 1.54) is 34.2 Å². The summed E-state index contributed by atoms with van der Waals surface area (Å²) in [5.41, 5.74) is 3.24. The molecule has 2 rings (SSSR count). The third kappa shape index (κ3) is 5.49. The zero-order valence-corrected chi connectivity index (χ0v) is 16.6. The number of aryl methyl sites for hydroxylation is 2. The molecule has 0 saturated heterocycles. The number of amides is 1. The first-order chi connectivity index (χ1) is 11.1. The molecule has 1 aromatic heterocycles. The molecule has 0 fully saturated rings. The molecule has 0 spiro atoms. The first kappa shape index (κ1) is 18.7. The number of benzene rings is 1. The molecule has 1 atom stereocenters. The van der Waals surface area contributed by atoms with Crippen LogP contribution in [0.15, 0.2) is 22.5 Å². The smallest absolute Gasteiger partial charge is 0.233 e. The molecule has 1 aromatic carbocycles. The Labute approximate surface area is 151 Å². The van der Waals surface area contributed by atoms with E-state index in [0.29, 0.717) is 0 Å². The largest absolute Gasteiger partial charge is 0.351 e. The van der Waals surface area contributed by atoms with Gasteiger partial charge in [-0.3, -0.25) is 4.79 Å². The quantitative estimate of drug-likeness (QED) is 0.775. The zero-order valence-electron chi connectivity index (χ0n) is 14.9. The number of anilines is 2. The van der Waals surface area contributed by atoms with Gasteiger partial charge in [0.05, 0.1) is 5.25 Å². The number of nitrogens with one attached hydrogen (secondary N) is 2. The Morgan fingerprint density at radius 3 is 2.54 bits per heavy atom. The lowest BCUT2D eigenvalue weighted by Crippen LogP contribution is -2.44. The average Bonchev–Trinajstić information content (AvgIpc) is 2.88. The molecule has 2 N–H and O–H groups in total. The van der Waals surface area contributed by atoms with Crippen molar-refractivity contribution in [3.05, 3.63) is 29.3 Å². The van der Waals surface area contributed by atoms with E-state index in [2.05, 4.69) is 46.8 Å². The van der Waals surface area contributed by atoms with E-state index in [4.69, 9.17) is 0 Å². The van der Waals surface area contributed by atoms with Gasteiger partial charge in [0.25, 0.3) is 0 Å². The number of aromatic nitrogens is 2. The maximum atomic E-state index is 12.1. The fraction of sp³-hybridized carbons (Fsp3) is 0.471. The second-order valence-corrected chi connectivity index (χ2v) is 9.36. The summed E-state index contributed by atoms with van der Waals surface area (Å²) < 4.78 is 0.776. The molecular weight excluding hydrogens is 340 g/mol. The maximum absolute atomic E-state index is 12.1. The van der Waals surface area contributed by atoms with Gasteiger partial charge in [-0.25, -0.2) is 0 Å². The highest BCUT2D eigenvalue weighted by molar-refractivity contribution is 8.02. The minimum absolute atomic E-state index is 0.00590. The monoisotopic (exact) mass is 364 g/mol. The molecule has 0 saturated carbocycles. The van der Waals surface area contributed by atoms with Gasteiger partial charge in [-0.15, -0.1) is 10.2 Å². The Balaban J connectivity index is 1.97. The van der Waals surface area contributed by atoms with Gasteiger partial charge in [0.15, 0.2) is 4.34 Å². The van der Waals surface area contributed by atoms with Gasteiger partial charge in [-0.1, -0.05) is 29.2 Å². The van der Waals surface area contributed by atoms with E-state index in [-0.39, 0.29) is 16.7 Å². The van der Waals surface area contributed by atoms with Crippen LogP contribution >= 0.6 is 23.1 Å². The van der Waals surface area contributed by atoms with Gasteiger partial charge in [-0.2, -0.15) is 0 Å². The SMILES string of the molecule is Cc1ccc(Nc2nnc(SC(C)C(=O)NC(C)(C)C)s2)cc1C. The number of rotatable bonds is 5. The summed E-state index contributed by atoms with van der Waals surface area (Å²) in [5, 5.41) is 15.1. The molecule has 130 valence electrons. The van der Waals surface area contributed by atoms with E-state index in [1.807, 2.05) is 33.8 Å². The molecular formula is C17H24N4OS2. The van der Waals surface area contributed by atoms with Gasteiger partial charge < -0.3 is 10.6 Å². The van der Waals surface area contributed by atoms with Crippen LogP contribution in [0.5, 0.6) is 0 Å². The van der Waals surface area contributed by atoms with Gasteiger partial charge in [0.2, 0.25) is 11.0 Å². The van der Waals surface area contributed by atoms with Gasteiger partial charge >= 0.3 is 0 Å². The van der Waals surface area contributed by atoms with Crippen molar-refractivity contribution < 1.29 is 4.79 Å². The Bertz CT molecular complexity index is 722. The zero-order chi connectivity index (χ0) is 17.9. The van der Waals surface area contributed by atoms with Crippen LogP contribution in [-0.2, 0) is 4.79 Å². The van der Waals surface area contributed by atoms with Crippen molar-refractivity contribution in [2.45, 2.75) is 56.7 Å². The molecule has 1 unspecified atom stereocenters. The molecule has 0 radical (unpaired) electrons. The predicted molar refractivity (Wildman–Crippen MR) is 102 cm³/mol. The van der Waals surface area contributed by atoms with Crippen LogP contribution < -0.4 is 10.6 Å². The number of thioether (sulfide) groups is 1. The lowest BCUT2D eigenvalue weighted by molar-refractivity contribution is -0.121. The first-order valence-electron chi connectivity index (χ1n) is 7.80. The summed E-state index contributed by atoms with van der Waals surface area (Å²) >= 11 is 2.87. The number of carbonyl (C=O) groups excluding carboxylic acids is 1. The second-order valence-electron chi connectivity index (χ2n) is 6.80. The van der Waals surface area contributed by atoms with Crippen molar-refractivity contribution in [1.29, 1.82) is 0 Å². The van der Waals surface area contributed by atoms with E-state index >= 15 is 0 Å². The average molecular weight is 365 g/mol. The van der Waals surface area contributed by atoms with Crippen LogP contribution in [0, 0.1) is 13.8 Å². The van der Waals surface area contributed by atoms with E-state index in [1.54, 1.807) is 0 Å². The lowest BCUT2D eigenvalue weighted by Gasteiger charge is -2.22. The van der Waals surface area contributed by atoms with Gasteiger partial charge in [-0.05, 0) is 64.8 Å². The fourth-order valence-corrected chi connectivity index (χ4v) is 3.84. The van der Waals surface area contributed by atoms with Crippen LogP contribution in [0.2, 0.25) is 0 Å². The summed E-state index contributed by atoms with van der Waals surface area (Å²) in [5.74, 6) is 0.00590. The Morgan fingerprint density at radius 2 is 1.92 bits per heavy atom. The fourth-order valence-electron chi connectivity index (χ4n) is 1.93. The highest BCUT2D eigenvalue weighted by Gasteiger charge is 2.21. The Hall–Kier alpha value is -1.60. The highest BCUT2D eigenvalue weighted by Crippen LogP contribution is 2.31. The van der Waals surface area contributed by atoms with Crippen LogP contribution in [0.4, 0.5) is 10.8 Å². The Morgan fingerprint density at radius 1 is 1.21 bits per heavy atom. The highest BCUT2D eigenvalue weighted by atomic mass is 32.2. The van der Waals surface area contributed by atoms with Crippen molar-refractivity contribution >= 4 is 39.8 Å². The molecule has 1 amide bonds. The molecule has 0 aliphatic rings. The minimum atomic E-state index is -0.233. The number of hydrogen-bond acceptors (Lipinski definition) is 6. The summed E-state index contributed by atoms with van der Waals surface area (Å²) in [6, 6.07) is 6.19. The van der Waals surface area contributed by atoms with Crippen LogP contribution in [-0.4, -0.2) is 26.9 Å². The van der Waals surface area contributed by atoms with Crippen LogP contribution in [0.3, 0.4) is 0 Å². The van der Waals surface area contributed by atoms with Crippen molar-refractivity contribution in [3.63, 3.8) is 0 Å². The molecule has 7 heteroatoms. The van der Waals surface area contributed by atoms with Crippen molar-refractivity contribution in [3.8, 4) is 0 Å². The molecule has 0 aliphatic carbocycles. The third-order valence-electron chi connectivity index (χ3n) is 3.31. The molecule has 2 aromatic rings. The second kappa shape index (κ2) is 7.53. The number of nitrogens with zero attached hydrogens (tertiary/aromatic N) is 2. The molecule has 0 bridgehead atoms. The summed E-state index contributed by atoms with van der Waals surface area (Å²) in [6.07, 6.45) is 0. The van der Waals surface area contributed by atoms with Gasteiger partial charge in [0.1, 0.15) is 0 Å². The normalized spacial score (nSPS) is 12.8. The summed E-state index contributed by atoms with van der Waals surface area (Å²) in [4.78, 5) is 12.1. The van der Waals surface area contributed by atoms with E-state index in [9.17, 15) is 4.79 Å². The predicted octanol–water partition coefficient (Wildman–Crippen LogP) is 4.29. The van der Waals surface area contributed by atoms with E-state index < -0.39 is 0 Å². The molecule has 1 heterocycles. The molecule has 0 aliphatic heterocycles. The lowest BCUT2D eigenvalue weighted by atomic mass is 10.1.